The van der Waals surface area contributed by atoms with E-state index in [9.17, 15) is 4.79 Å². The van der Waals surface area contributed by atoms with Crippen LogP contribution in [-0.4, -0.2) is 12.2 Å². The van der Waals surface area contributed by atoms with Crippen molar-refractivity contribution >= 4 is 44.0 Å². The molecule has 2 rings (SSSR count). The Bertz CT molecular complexity index is 575. The summed E-state index contributed by atoms with van der Waals surface area (Å²) in [7, 11) is 0. The van der Waals surface area contributed by atoms with Gasteiger partial charge in [-0.2, -0.15) is 0 Å². The lowest BCUT2D eigenvalue weighted by molar-refractivity contribution is 0.0481. The van der Waals surface area contributed by atoms with E-state index >= 15 is 0 Å². The normalized spacial score (nSPS) is 10.8. The van der Waals surface area contributed by atoms with Crippen LogP contribution in [0.2, 0.25) is 0 Å². The number of oxime groups is 1. The SMILES string of the molecule is O=C(O/N=C/c1ccc(Br)cc1)c1ccc(Br)o1. The summed E-state index contributed by atoms with van der Waals surface area (Å²) in [6.07, 6.45) is 1.45. The zero-order valence-electron chi connectivity index (χ0n) is 8.97. The monoisotopic (exact) mass is 371 g/mol. The van der Waals surface area contributed by atoms with Gasteiger partial charge in [0.15, 0.2) is 4.67 Å². The van der Waals surface area contributed by atoms with Crippen molar-refractivity contribution in [1.29, 1.82) is 0 Å². The summed E-state index contributed by atoms with van der Waals surface area (Å²) in [5.74, 6) is -0.552. The number of rotatable bonds is 3. The molecule has 0 saturated heterocycles. The second-order valence-corrected chi connectivity index (χ2v) is 4.97. The highest BCUT2D eigenvalue weighted by Gasteiger charge is 2.11. The molecular weight excluding hydrogens is 366 g/mol. The molecule has 0 radical (unpaired) electrons. The van der Waals surface area contributed by atoms with Crippen LogP contribution in [0.25, 0.3) is 0 Å². The van der Waals surface area contributed by atoms with Crippen LogP contribution in [0.5, 0.6) is 0 Å². The molecule has 0 aliphatic heterocycles. The first-order valence-corrected chi connectivity index (χ1v) is 6.49. The minimum atomic E-state index is -0.644. The summed E-state index contributed by atoms with van der Waals surface area (Å²) in [5, 5.41) is 3.59. The van der Waals surface area contributed by atoms with Crippen molar-refractivity contribution in [3.63, 3.8) is 0 Å². The number of hydrogen-bond donors (Lipinski definition) is 0. The molecule has 18 heavy (non-hydrogen) atoms. The number of nitrogens with zero attached hydrogens (tertiary/aromatic N) is 1. The van der Waals surface area contributed by atoms with Gasteiger partial charge in [0.25, 0.3) is 0 Å². The smallest absolute Gasteiger partial charge is 0.400 e. The predicted molar refractivity (Wildman–Crippen MR) is 73.6 cm³/mol. The average molecular weight is 373 g/mol. The van der Waals surface area contributed by atoms with Gasteiger partial charge in [-0.1, -0.05) is 33.2 Å². The van der Waals surface area contributed by atoms with Gasteiger partial charge in [-0.05, 0) is 45.8 Å². The molecule has 0 bridgehead atoms. The minimum absolute atomic E-state index is 0.0924. The molecule has 0 unspecified atom stereocenters. The predicted octanol–water partition coefficient (Wildman–Crippen LogP) is 4.00. The van der Waals surface area contributed by atoms with E-state index in [-0.39, 0.29) is 5.76 Å². The zero-order valence-corrected chi connectivity index (χ0v) is 12.1. The molecule has 0 aliphatic rings. The molecule has 1 aromatic heterocycles. The molecule has 1 heterocycles. The average Bonchev–Trinajstić information content (AvgIpc) is 2.78. The molecule has 4 nitrogen and oxygen atoms in total. The Morgan fingerprint density at radius 1 is 1.17 bits per heavy atom. The zero-order chi connectivity index (χ0) is 13.0. The molecule has 0 saturated carbocycles. The van der Waals surface area contributed by atoms with Gasteiger partial charge in [0.05, 0.1) is 6.21 Å². The lowest BCUT2D eigenvalue weighted by atomic mass is 10.2. The summed E-state index contributed by atoms with van der Waals surface area (Å²) in [6.45, 7) is 0. The van der Waals surface area contributed by atoms with E-state index in [1.165, 1.54) is 12.3 Å². The van der Waals surface area contributed by atoms with Crippen molar-refractivity contribution in [2.45, 2.75) is 0 Å². The summed E-state index contributed by atoms with van der Waals surface area (Å²) < 4.78 is 6.46. The van der Waals surface area contributed by atoms with E-state index in [0.29, 0.717) is 4.67 Å². The van der Waals surface area contributed by atoms with Crippen molar-refractivity contribution in [2.75, 3.05) is 0 Å². The highest BCUT2D eigenvalue weighted by atomic mass is 79.9. The first kappa shape index (κ1) is 13.0. The van der Waals surface area contributed by atoms with Gasteiger partial charge in [-0.25, -0.2) is 4.79 Å². The lowest BCUT2D eigenvalue weighted by Gasteiger charge is -1.94. The Hall–Kier alpha value is -1.40. The molecule has 6 heteroatoms. The number of carbonyl (C=O) groups is 1. The number of hydrogen-bond acceptors (Lipinski definition) is 4. The Balaban J connectivity index is 1.95. The first-order valence-electron chi connectivity index (χ1n) is 4.91. The first-order chi connectivity index (χ1) is 8.65. The van der Waals surface area contributed by atoms with Gasteiger partial charge >= 0.3 is 5.97 Å². The van der Waals surface area contributed by atoms with Crippen molar-refractivity contribution < 1.29 is 14.0 Å². The molecule has 0 amide bonds. The van der Waals surface area contributed by atoms with E-state index in [1.54, 1.807) is 6.07 Å². The molecule has 0 spiro atoms. The van der Waals surface area contributed by atoms with Gasteiger partial charge in [0, 0.05) is 4.47 Å². The van der Waals surface area contributed by atoms with Crippen molar-refractivity contribution in [3.8, 4) is 0 Å². The molecule has 0 N–H and O–H groups in total. The third-order valence-corrected chi connectivity index (χ3v) is 2.94. The molecule has 2 aromatic rings. The molecule has 0 atom stereocenters. The maximum Gasteiger partial charge on any atom is 0.400 e. The van der Waals surface area contributed by atoms with E-state index < -0.39 is 5.97 Å². The Morgan fingerprint density at radius 3 is 2.50 bits per heavy atom. The molecular formula is C12H7Br2NO3. The maximum atomic E-state index is 11.4. The number of halogens is 2. The molecule has 0 fully saturated rings. The van der Waals surface area contributed by atoms with E-state index in [0.717, 1.165) is 10.0 Å². The lowest BCUT2D eigenvalue weighted by Crippen LogP contribution is -1.98. The van der Waals surface area contributed by atoms with E-state index in [1.807, 2.05) is 24.3 Å². The number of carbonyl (C=O) groups excluding carboxylic acids is 1. The van der Waals surface area contributed by atoms with Crippen LogP contribution in [-0.2, 0) is 4.84 Å². The van der Waals surface area contributed by atoms with Crippen molar-refractivity contribution in [3.05, 3.63) is 56.9 Å². The minimum Gasteiger partial charge on any atom is -0.442 e. The Labute approximate surface area is 120 Å². The van der Waals surface area contributed by atoms with Crippen LogP contribution in [0.1, 0.15) is 16.1 Å². The summed E-state index contributed by atoms with van der Waals surface area (Å²) in [4.78, 5) is 16.1. The van der Waals surface area contributed by atoms with Gasteiger partial charge in [0.1, 0.15) is 0 Å². The van der Waals surface area contributed by atoms with Gasteiger partial charge in [0.2, 0.25) is 5.76 Å². The fourth-order valence-corrected chi connectivity index (χ4v) is 1.72. The van der Waals surface area contributed by atoms with E-state index in [4.69, 9.17) is 4.42 Å². The second kappa shape index (κ2) is 5.97. The van der Waals surface area contributed by atoms with Crippen LogP contribution in [0.15, 0.2) is 55.1 Å². The van der Waals surface area contributed by atoms with Crippen LogP contribution in [0.3, 0.4) is 0 Å². The third-order valence-electron chi connectivity index (χ3n) is 1.98. The van der Waals surface area contributed by atoms with E-state index in [2.05, 4.69) is 41.9 Å². The largest absolute Gasteiger partial charge is 0.442 e. The number of furan rings is 1. The third kappa shape index (κ3) is 3.54. The quantitative estimate of drug-likeness (QED) is 0.465. The van der Waals surface area contributed by atoms with Crippen LogP contribution >= 0.6 is 31.9 Å². The summed E-state index contributed by atoms with van der Waals surface area (Å²) in [6, 6.07) is 10.5. The van der Waals surface area contributed by atoms with Crippen molar-refractivity contribution in [1.82, 2.24) is 0 Å². The molecule has 0 aliphatic carbocycles. The van der Waals surface area contributed by atoms with Crippen molar-refractivity contribution in [2.24, 2.45) is 5.16 Å². The number of benzene rings is 1. The highest BCUT2D eigenvalue weighted by Crippen LogP contribution is 2.15. The van der Waals surface area contributed by atoms with Gasteiger partial charge in [-0.3, -0.25) is 0 Å². The van der Waals surface area contributed by atoms with Gasteiger partial charge in [-0.15, -0.1) is 0 Å². The van der Waals surface area contributed by atoms with Gasteiger partial charge < -0.3 is 9.25 Å². The highest BCUT2D eigenvalue weighted by molar-refractivity contribution is 9.10. The Kier molecular flexibility index (Phi) is 4.33. The standard InChI is InChI=1S/C12H7Br2NO3/c13-9-3-1-8(2-4-9)7-15-18-12(16)10-5-6-11(14)17-10/h1-7H/b15-7+. The fraction of sp³-hybridized carbons (Fsp3) is 0. The maximum absolute atomic E-state index is 11.4. The van der Waals surface area contributed by atoms with Crippen LogP contribution in [0, 0.1) is 0 Å². The summed E-state index contributed by atoms with van der Waals surface area (Å²) in [5.41, 5.74) is 0.826. The Morgan fingerprint density at radius 2 is 1.89 bits per heavy atom. The second-order valence-electron chi connectivity index (χ2n) is 3.27. The topological polar surface area (TPSA) is 51.8 Å². The molecule has 92 valence electrons. The fourth-order valence-electron chi connectivity index (χ4n) is 1.15. The molecule has 1 aromatic carbocycles. The van der Waals surface area contributed by atoms with Crippen LogP contribution in [0.4, 0.5) is 0 Å². The summed E-state index contributed by atoms with van der Waals surface area (Å²) >= 11 is 6.42. The van der Waals surface area contributed by atoms with Crippen LogP contribution < -0.4 is 0 Å².